The number of hydrogen-bond donors (Lipinski definition) is 3. The Morgan fingerprint density at radius 1 is 1.05 bits per heavy atom. The van der Waals surface area contributed by atoms with Gasteiger partial charge < -0.3 is 15.7 Å². The molecule has 0 amide bonds. The Balaban J connectivity index is 2.38. The van der Waals surface area contributed by atoms with Crippen LogP contribution in [0.4, 0.5) is 0 Å². The van der Waals surface area contributed by atoms with E-state index < -0.39 is 11.6 Å². The van der Waals surface area contributed by atoms with E-state index in [0.29, 0.717) is 24.2 Å². The number of hydrogen-bond acceptors (Lipinski definition) is 5. The van der Waals surface area contributed by atoms with Gasteiger partial charge in [-0.2, -0.15) is 5.48 Å². The van der Waals surface area contributed by atoms with Gasteiger partial charge in [0.1, 0.15) is 0 Å². The van der Waals surface area contributed by atoms with Gasteiger partial charge in [0.25, 0.3) is 0 Å². The highest BCUT2D eigenvalue weighted by atomic mass is 16.7. The number of aliphatic hydroxyl groups is 1. The fraction of sp³-hybridized carbons (Fsp3) is 0.188. The Labute approximate surface area is 123 Å². The van der Waals surface area contributed by atoms with Gasteiger partial charge in [-0.25, -0.2) is 4.79 Å². The summed E-state index contributed by atoms with van der Waals surface area (Å²) >= 11 is 0. The molecule has 21 heavy (non-hydrogen) atoms. The third-order valence-corrected chi connectivity index (χ3v) is 3.09. The number of carbonyl (C=O) groups is 1. The van der Waals surface area contributed by atoms with Gasteiger partial charge in [0.15, 0.2) is 0 Å². The van der Waals surface area contributed by atoms with Gasteiger partial charge in [-0.1, -0.05) is 60.7 Å². The molecule has 0 aliphatic rings. The molecule has 5 heteroatoms. The van der Waals surface area contributed by atoms with Crippen LogP contribution in [0.1, 0.15) is 11.1 Å². The largest absolute Gasteiger partial charge is 0.370 e. The summed E-state index contributed by atoms with van der Waals surface area (Å²) in [7, 11) is 0. The molecule has 4 N–H and O–H groups in total. The lowest BCUT2D eigenvalue weighted by atomic mass is 9.86. The fourth-order valence-electron chi connectivity index (χ4n) is 2.01. The van der Waals surface area contributed by atoms with Gasteiger partial charge in [-0.15, -0.1) is 0 Å². The van der Waals surface area contributed by atoms with Gasteiger partial charge in [0.05, 0.1) is 0 Å². The van der Waals surface area contributed by atoms with Crippen LogP contribution in [-0.4, -0.2) is 24.2 Å². The molecule has 0 atom stereocenters. The summed E-state index contributed by atoms with van der Waals surface area (Å²) in [5.41, 5.74) is 6.79. The second-order valence-electron chi connectivity index (χ2n) is 4.51. The average Bonchev–Trinajstić information content (AvgIpc) is 2.56. The van der Waals surface area contributed by atoms with Crippen molar-refractivity contribution in [1.29, 1.82) is 0 Å². The summed E-state index contributed by atoms with van der Waals surface area (Å²) in [4.78, 5) is 17.3. The molecule has 0 unspecified atom stereocenters. The van der Waals surface area contributed by atoms with E-state index in [-0.39, 0.29) is 0 Å². The second kappa shape index (κ2) is 6.99. The van der Waals surface area contributed by atoms with E-state index in [1.807, 2.05) is 12.1 Å². The van der Waals surface area contributed by atoms with Crippen LogP contribution in [0.5, 0.6) is 0 Å². The van der Waals surface area contributed by atoms with E-state index in [1.54, 1.807) is 48.5 Å². The fourth-order valence-corrected chi connectivity index (χ4v) is 2.01. The normalized spacial score (nSPS) is 11.1. The third-order valence-electron chi connectivity index (χ3n) is 3.09. The van der Waals surface area contributed by atoms with Crippen LogP contribution in [0.2, 0.25) is 0 Å². The SMILES string of the molecule is NCCNOC(=O)C(O)(c1ccccc1)c1ccccc1. The number of hydroxylamine groups is 1. The Morgan fingerprint density at radius 2 is 1.52 bits per heavy atom. The Kier molecular flexibility index (Phi) is 5.05. The molecule has 5 nitrogen and oxygen atoms in total. The third kappa shape index (κ3) is 3.28. The molecule has 0 aliphatic heterocycles. The molecule has 2 aromatic carbocycles. The first kappa shape index (κ1) is 15.2. The molecule has 0 bridgehead atoms. The first-order valence-electron chi connectivity index (χ1n) is 6.67. The van der Waals surface area contributed by atoms with Gasteiger partial charge in [0, 0.05) is 13.1 Å². The van der Waals surface area contributed by atoms with Crippen LogP contribution in [-0.2, 0) is 15.2 Å². The maximum Gasteiger partial charge on any atom is 0.366 e. The standard InChI is InChI=1S/C16H18N2O3/c17-11-12-18-21-15(19)16(20,13-7-3-1-4-8-13)14-9-5-2-6-10-14/h1-10,18,20H,11-12,17H2. The molecular formula is C16H18N2O3. The van der Waals surface area contributed by atoms with E-state index in [9.17, 15) is 9.90 Å². The van der Waals surface area contributed by atoms with Crippen molar-refractivity contribution in [3.63, 3.8) is 0 Å². The van der Waals surface area contributed by atoms with Crippen molar-refractivity contribution in [2.45, 2.75) is 5.60 Å². The van der Waals surface area contributed by atoms with Crippen LogP contribution in [0.3, 0.4) is 0 Å². The lowest BCUT2D eigenvalue weighted by Gasteiger charge is -2.26. The molecule has 2 aromatic rings. The zero-order valence-corrected chi connectivity index (χ0v) is 11.5. The van der Waals surface area contributed by atoms with E-state index in [4.69, 9.17) is 10.6 Å². The number of carbonyl (C=O) groups excluding carboxylic acids is 1. The highest BCUT2D eigenvalue weighted by Crippen LogP contribution is 2.30. The molecular weight excluding hydrogens is 268 g/mol. The number of nitrogens with one attached hydrogen (secondary N) is 1. The first-order valence-corrected chi connectivity index (χ1v) is 6.67. The predicted molar refractivity (Wildman–Crippen MR) is 79.0 cm³/mol. The molecule has 0 saturated heterocycles. The van der Waals surface area contributed by atoms with Crippen molar-refractivity contribution in [3.05, 3.63) is 71.8 Å². The van der Waals surface area contributed by atoms with Crippen molar-refractivity contribution >= 4 is 5.97 Å². The average molecular weight is 286 g/mol. The molecule has 0 saturated carbocycles. The molecule has 0 aliphatic carbocycles. The number of nitrogens with two attached hydrogens (primary N) is 1. The minimum absolute atomic E-state index is 0.311. The van der Waals surface area contributed by atoms with Crippen LogP contribution >= 0.6 is 0 Å². The van der Waals surface area contributed by atoms with E-state index >= 15 is 0 Å². The molecule has 0 fully saturated rings. The molecule has 0 spiro atoms. The van der Waals surface area contributed by atoms with Crippen molar-refractivity contribution < 1.29 is 14.7 Å². The lowest BCUT2D eigenvalue weighted by Crippen LogP contribution is -2.42. The summed E-state index contributed by atoms with van der Waals surface area (Å²) in [6.07, 6.45) is 0. The van der Waals surface area contributed by atoms with Crippen LogP contribution in [0, 0.1) is 0 Å². The summed E-state index contributed by atoms with van der Waals surface area (Å²) in [6, 6.07) is 17.4. The highest BCUT2D eigenvalue weighted by molar-refractivity contribution is 5.85. The maximum absolute atomic E-state index is 12.4. The van der Waals surface area contributed by atoms with E-state index in [2.05, 4.69) is 5.48 Å². The summed E-state index contributed by atoms with van der Waals surface area (Å²) in [5.74, 6) is -0.798. The summed E-state index contributed by atoms with van der Waals surface area (Å²) in [6.45, 7) is 0.633. The predicted octanol–water partition coefficient (Wildman–Crippen LogP) is 0.929. The van der Waals surface area contributed by atoms with Gasteiger partial charge >= 0.3 is 5.97 Å². The quantitative estimate of drug-likeness (QED) is 0.543. The van der Waals surface area contributed by atoms with Crippen molar-refractivity contribution in [2.24, 2.45) is 5.73 Å². The van der Waals surface area contributed by atoms with Crippen LogP contribution in [0.15, 0.2) is 60.7 Å². The van der Waals surface area contributed by atoms with Crippen molar-refractivity contribution in [3.8, 4) is 0 Å². The highest BCUT2D eigenvalue weighted by Gasteiger charge is 2.41. The molecule has 110 valence electrons. The Morgan fingerprint density at radius 3 is 1.95 bits per heavy atom. The Hall–Kier alpha value is -2.21. The smallest absolute Gasteiger partial charge is 0.366 e. The van der Waals surface area contributed by atoms with E-state index in [0.717, 1.165) is 0 Å². The topological polar surface area (TPSA) is 84.6 Å². The van der Waals surface area contributed by atoms with Gasteiger partial charge in [-0.05, 0) is 11.1 Å². The molecule has 2 rings (SSSR count). The summed E-state index contributed by atoms with van der Waals surface area (Å²) < 4.78 is 0. The number of rotatable bonds is 6. The Bertz CT molecular complexity index is 533. The zero-order valence-electron chi connectivity index (χ0n) is 11.5. The maximum atomic E-state index is 12.4. The molecule has 0 radical (unpaired) electrons. The van der Waals surface area contributed by atoms with Crippen molar-refractivity contribution in [2.75, 3.05) is 13.1 Å². The molecule has 0 aromatic heterocycles. The van der Waals surface area contributed by atoms with Crippen molar-refractivity contribution in [1.82, 2.24) is 5.48 Å². The summed E-state index contributed by atoms with van der Waals surface area (Å²) in [5, 5.41) is 11.0. The minimum atomic E-state index is -1.87. The number of benzene rings is 2. The van der Waals surface area contributed by atoms with E-state index in [1.165, 1.54) is 0 Å². The lowest BCUT2D eigenvalue weighted by molar-refractivity contribution is -0.170. The van der Waals surface area contributed by atoms with Crippen LogP contribution in [0.25, 0.3) is 0 Å². The zero-order chi connectivity index (χ0) is 15.1. The van der Waals surface area contributed by atoms with Gasteiger partial charge in [0.2, 0.25) is 5.60 Å². The first-order chi connectivity index (χ1) is 10.2. The minimum Gasteiger partial charge on any atom is -0.370 e. The monoisotopic (exact) mass is 286 g/mol. The second-order valence-corrected chi connectivity index (χ2v) is 4.51. The van der Waals surface area contributed by atoms with Crippen LogP contribution < -0.4 is 11.2 Å². The van der Waals surface area contributed by atoms with Gasteiger partial charge in [-0.3, -0.25) is 0 Å². The molecule has 0 heterocycles.